The maximum atomic E-state index is 12.7. The maximum absolute atomic E-state index is 12.7. The summed E-state index contributed by atoms with van der Waals surface area (Å²) in [5.41, 5.74) is 0.557. The van der Waals surface area contributed by atoms with E-state index in [2.05, 4.69) is 15.1 Å². The predicted molar refractivity (Wildman–Crippen MR) is 90.9 cm³/mol. The third kappa shape index (κ3) is 3.49. The molecule has 0 fully saturated rings. The summed E-state index contributed by atoms with van der Waals surface area (Å²) in [5, 5.41) is 14.1. The van der Waals surface area contributed by atoms with Gasteiger partial charge in [-0.25, -0.2) is 4.98 Å². The van der Waals surface area contributed by atoms with Crippen LogP contribution in [-0.2, 0) is 18.7 Å². The molecule has 0 radical (unpaired) electrons. The Balaban J connectivity index is 1.93. The summed E-state index contributed by atoms with van der Waals surface area (Å²) in [5.74, 6) is 1.61. The van der Waals surface area contributed by atoms with E-state index in [-0.39, 0.29) is 12.2 Å². The third-order valence-electron chi connectivity index (χ3n) is 3.52. The number of aryl methyl sites for hydroxylation is 1. The predicted octanol–water partition coefficient (Wildman–Crippen LogP) is 2.02. The van der Waals surface area contributed by atoms with Crippen molar-refractivity contribution in [2.75, 3.05) is 6.61 Å². The number of thioether (sulfide) groups is 1. The van der Waals surface area contributed by atoms with E-state index in [1.54, 1.807) is 10.6 Å². The normalized spacial score (nSPS) is 11.2. The molecular weight excluding hydrogens is 328 g/mol. The Bertz CT molecular complexity index is 890. The van der Waals surface area contributed by atoms with Gasteiger partial charge in [0.15, 0.2) is 11.0 Å². The van der Waals surface area contributed by atoms with Crippen LogP contribution in [0, 0.1) is 0 Å². The van der Waals surface area contributed by atoms with E-state index in [4.69, 9.17) is 9.63 Å². The molecule has 0 saturated heterocycles. The van der Waals surface area contributed by atoms with Gasteiger partial charge >= 0.3 is 0 Å². The fourth-order valence-electron chi connectivity index (χ4n) is 2.30. The second kappa shape index (κ2) is 7.59. The molecule has 2 aromatic heterocycles. The van der Waals surface area contributed by atoms with Gasteiger partial charge in [0.1, 0.15) is 0 Å². The third-order valence-corrected chi connectivity index (χ3v) is 4.48. The first-order chi connectivity index (χ1) is 11.7. The van der Waals surface area contributed by atoms with Gasteiger partial charge < -0.3 is 9.63 Å². The molecule has 3 aromatic rings. The molecule has 0 amide bonds. The van der Waals surface area contributed by atoms with Crippen LogP contribution in [0.3, 0.4) is 0 Å². The summed E-state index contributed by atoms with van der Waals surface area (Å²) in [6.45, 7) is 2.39. The molecule has 0 unspecified atom stereocenters. The van der Waals surface area contributed by atoms with E-state index < -0.39 is 0 Å². The lowest BCUT2D eigenvalue weighted by atomic mass is 10.2. The van der Waals surface area contributed by atoms with Gasteiger partial charge in [0.05, 0.1) is 16.7 Å². The molecule has 0 spiro atoms. The van der Waals surface area contributed by atoms with E-state index in [1.807, 2.05) is 25.1 Å². The largest absolute Gasteiger partial charge is 0.396 e. The van der Waals surface area contributed by atoms with Crippen LogP contribution in [0.1, 0.15) is 25.1 Å². The van der Waals surface area contributed by atoms with Crippen molar-refractivity contribution in [1.82, 2.24) is 19.7 Å². The fourth-order valence-corrected chi connectivity index (χ4v) is 3.17. The zero-order chi connectivity index (χ0) is 16.9. The molecule has 8 heteroatoms. The van der Waals surface area contributed by atoms with Crippen molar-refractivity contribution < 1.29 is 9.63 Å². The maximum Gasteiger partial charge on any atom is 0.262 e. The molecule has 0 aliphatic heterocycles. The van der Waals surface area contributed by atoms with Crippen molar-refractivity contribution in [1.29, 1.82) is 0 Å². The van der Waals surface area contributed by atoms with Crippen molar-refractivity contribution in [2.45, 2.75) is 37.2 Å². The highest BCUT2D eigenvalue weighted by molar-refractivity contribution is 7.98. The Morgan fingerprint density at radius 2 is 2.12 bits per heavy atom. The number of para-hydroxylation sites is 1. The molecule has 1 N–H and O–H groups in total. The fraction of sp³-hybridized carbons (Fsp3) is 0.375. The van der Waals surface area contributed by atoms with Gasteiger partial charge in [-0.05, 0) is 18.6 Å². The molecule has 0 aliphatic rings. The van der Waals surface area contributed by atoms with Crippen LogP contribution in [-0.4, -0.2) is 31.4 Å². The van der Waals surface area contributed by atoms with Crippen molar-refractivity contribution >= 4 is 22.7 Å². The summed E-state index contributed by atoms with van der Waals surface area (Å²) in [4.78, 5) is 21.5. The average Bonchev–Trinajstić information content (AvgIpc) is 3.07. The number of rotatable bonds is 7. The van der Waals surface area contributed by atoms with Crippen LogP contribution in [0.2, 0.25) is 0 Å². The zero-order valence-corrected chi connectivity index (χ0v) is 14.1. The van der Waals surface area contributed by atoms with Gasteiger partial charge in [-0.1, -0.05) is 36.0 Å². The molecule has 126 valence electrons. The van der Waals surface area contributed by atoms with Crippen LogP contribution in [0.15, 0.2) is 38.7 Å². The second-order valence-electron chi connectivity index (χ2n) is 5.19. The second-order valence-corrected chi connectivity index (χ2v) is 6.13. The SMILES string of the molecule is CCc1noc(CSc2nc3ccccc3c(=O)n2CCCO)n1. The van der Waals surface area contributed by atoms with Crippen molar-refractivity contribution in [3.8, 4) is 0 Å². The summed E-state index contributed by atoms with van der Waals surface area (Å²) in [6, 6.07) is 7.26. The Hall–Kier alpha value is -2.19. The average molecular weight is 346 g/mol. The van der Waals surface area contributed by atoms with Crippen LogP contribution in [0.5, 0.6) is 0 Å². The number of hydrogen-bond donors (Lipinski definition) is 1. The van der Waals surface area contributed by atoms with Gasteiger partial charge in [0.2, 0.25) is 5.89 Å². The summed E-state index contributed by atoms with van der Waals surface area (Å²) in [6.07, 6.45) is 1.21. The lowest BCUT2D eigenvalue weighted by Gasteiger charge is -2.11. The Morgan fingerprint density at radius 1 is 1.29 bits per heavy atom. The topological polar surface area (TPSA) is 94.0 Å². The standard InChI is InChI=1S/C16H18N4O3S/c1-2-13-18-14(23-19-13)10-24-16-17-12-7-4-3-6-11(12)15(22)20(16)8-5-9-21/h3-4,6-7,21H,2,5,8-10H2,1H3. The number of benzene rings is 1. The molecule has 0 atom stereocenters. The highest BCUT2D eigenvalue weighted by atomic mass is 32.2. The van der Waals surface area contributed by atoms with E-state index in [0.29, 0.717) is 52.9 Å². The molecular formula is C16H18N4O3S. The van der Waals surface area contributed by atoms with Gasteiger partial charge in [0.25, 0.3) is 5.56 Å². The summed E-state index contributed by atoms with van der Waals surface area (Å²) in [7, 11) is 0. The van der Waals surface area contributed by atoms with Gasteiger partial charge in [-0.2, -0.15) is 4.98 Å². The number of hydrogen-bond acceptors (Lipinski definition) is 7. The molecule has 2 heterocycles. The quantitative estimate of drug-likeness (QED) is 0.516. The minimum Gasteiger partial charge on any atom is -0.396 e. The molecule has 0 aliphatic carbocycles. The molecule has 1 aromatic carbocycles. The van der Waals surface area contributed by atoms with Crippen LogP contribution >= 0.6 is 11.8 Å². The molecule has 3 rings (SSSR count). The van der Waals surface area contributed by atoms with Gasteiger partial charge in [-0.15, -0.1) is 0 Å². The lowest BCUT2D eigenvalue weighted by molar-refractivity contribution is 0.276. The van der Waals surface area contributed by atoms with E-state index in [1.165, 1.54) is 11.8 Å². The van der Waals surface area contributed by atoms with E-state index in [9.17, 15) is 4.79 Å². The Kier molecular flexibility index (Phi) is 5.27. The molecule has 24 heavy (non-hydrogen) atoms. The number of aromatic nitrogens is 4. The van der Waals surface area contributed by atoms with E-state index >= 15 is 0 Å². The van der Waals surface area contributed by atoms with Crippen LogP contribution < -0.4 is 5.56 Å². The number of fused-ring (bicyclic) bond motifs is 1. The highest BCUT2D eigenvalue weighted by Crippen LogP contribution is 2.21. The Labute approximate surface area is 142 Å². The molecule has 0 bridgehead atoms. The smallest absolute Gasteiger partial charge is 0.262 e. The minimum absolute atomic E-state index is 0.0207. The number of aliphatic hydroxyl groups is 1. The van der Waals surface area contributed by atoms with Crippen LogP contribution in [0.4, 0.5) is 0 Å². The van der Waals surface area contributed by atoms with Crippen molar-refractivity contribution in [3.63, 3.8) is 0 Å². The minimum atomic E-state index is -0.101. The first kappa shape index (κ1) is 16.7. The lowest BCUT2D eigenvalue weighted by Crippen LogP contribution is -2.24. The number of aliphatic hydroxyl groups excluding tert-OH is 1. The number of nitrogens with zero attached hydrogens (tertiary/aromatic N) is 4. The van der Waals surface area contributed by atoms with Gasteiger partial charge in [0, 0.05) is 19.6 Å². The summed E-state index contributed by atoms with van der Waals surface area (Å²) >= 11 is 1.38. The van der Waals surface area contributed by atoms with Crippen LogP contribution in [0.25, 0.3) is 10.9 Å². The first-order valence-corrected chi connectivity index (χ1v) is 8.76. The highest BCUT2D eigenvalue weighted by Gasteiger charge is 2.13. The van der Waals surface area contributed by atoms with Crippen molar-refractivity contribution in [3.05, 3.63) is 46.3 Å². The molecule has 0 saturated carbocycles. The van der Waals surface area contributed by atoms with Gasteiger partial charge in [-0.3, -0.25) is 9.36 Å². The van der Waals surface area contributed by atoms with Crippen molar-refractivity contribution in [2.24, 2.45) is 0 Å². The van der Waals surface area contributed by atoms with E-state index in [0.717, 1.165) is 0 Å². The monoisotopic (exact) mass is 346 g/mol. The first-order valence-electron chi connectivity index (χ1n) is 7.77. The summed E-state index contributed by atoms with van der Waals surface area (Å²) < 4.78 is 6.78. The molecule has 7 nitrogen and oxygen atoms in total. The zero-order valence-electron chi connectivity index (χ0n) is 13.3. The Morgan fingerprint density at radius 3 is 2.88 bits per heavy atom.